The van der Waals surface area contributed by atoms with Crippen molar-refractivity contribution in [3.8, 4) is 0 Å². The molecule has 6 nitrogen and oxygen atoms in total. The SMILES string of the molecule is Cc1cc(NN)ncc1[N+](=O)[O-]. The highest BCUT2D eigenvalue weighted by Gasteiger charge is 2.10. The summed E-state index contributed by atoms with van der Waals surface area (Å²) in [5, 5.41) is 10.3. The van der Waals surface area contributed by atoms with E-state index in [1.165, 1.54) is 12.3 Å². The van der Waals surface area contributed by atoms with Crippen molar-refractivity contribution < 1.29 is 4.92 Å². The molecule has 1 rings (SSSR count). The van der Waals surface area contributed by atoms with Gasteiger partial charge in [0, 0.05) is 5.56 Å². The Morgan fingerprint density at radius 2 is 2.42 bits per heavy atom. The minimum absolute atomic E-state index is 0.00556. The van der Waals surface area contributed by atoms with E-state index in [1.54, 1.807) is 6.92 Å². The molecule has 1 aromatic rings. The number of hydrazine groups is 1. The van der Waals surface area contributed by atoms with Crippen molar-refractivity contribution in [3.05, 3.63) is 27.9 Å². The van der Waals surface area contributed by atoms with Gasteiger partial charge in [0.15, 0.2) is 0 Å². The van der Waals surface area contributed by atoms with Crippen LogP contribution in [0.4, 0.5) is 11.5 Å². The van der Waals surface area contributed by atoms with E-state index < -0.39 is 4.92 Å². The third-order valence-electron chi connectivity index (χ3n) is 1.43. The van der Waals surface area contributed by atoms with Crippen LogP contribution in [0.25, 0.3) is 0 Å². The molecule has 0 aliphatic heterocycles. The van der Waals surface area contributed by atoms with E-state index in [4.69, 9.17) is 5.84 Å². The Bertz CT molecular complexity index is 312. The molecule has 0 aliphatic rings. The van der Waals surface area contributed by atoms with Crippen molar-refractivity contribution in [1.29, 1.82) is 0 Å². The van der Waals surface area contributed by atoms with Crippen molar-refractivity contribution >= 4 is 11.5 Å². The fraction of sp³-hybridized carbons (Fsp3) is 0.167. The van der Waals surface area contributed by atoms with Crippen molar-refractivity contribution in [3.63, 3.8) is 0 Å². The monoisotopic (exact) mass is 168 g/mol. The summed E-state index contributed by atoms with van der Waals surface area (Å²) in [5.74, 6) is 5.48. The number of nitrogen functional groups attached to an aromatic ring is 1. The smallest absolute Gasteiger partial charge is 0.290 e. The van der Waals surface area contributed by atoms with E-state index in [-0.39, 0.29) is 5.69 Å². The lowest BCUT2D eigenvalue weighted by Gasteiger charge is -1.99. The molecule has 0 aromatic carbocycles. The minimum atomic E-state index is -0.484. The highest BCUT2D eigenvalue weighted by Crippen LogP contribution is 2.17. The Balaban J connectivity index is 3.12. The van der Waals surface area contributed by atoms with Gasteiger partial charge in [0.1, 0.15) is 12.0 Å². The molecule has 0 bridgehead atoms. The van der Waals surface area contributed by atoms with Gasteiger partial charge in [-0.3, -0.25) is 10.1 Å². The van der Waals surface area contributed by atoms with Crippen molar-refractivity contribution in [2.45, 2.75) is 6.92 Å². The third kappa shape index (κ3) is 1.48. The van der Waals surface area contributed by atoms with Crippen molar-refractivity contribution in [2.24, 2.45) is 5.84 Å². The van der Waals surface area contributed by atoms with E-state index >= 15 is 0 Å². The van der Waals surface area contributed by atoms with E-state index in [0.717, 1.165) is 0 Å². The summed E-state index contributed by atoms with van der Waals surface area (Å²) < 4.78 is 0. The summed E-state index contributed by atoms with van der Waals surface area (Å²) in [4.78, 5) is 13.6. The Hall–Kier alpha value is -1.69. The average Bonchev–Trinajstić information content (AvgIpc) is 2.03. The van der Waals surface area contributed by atoms with Crippen LogP contribution in [-0.4, -0.2) is 9.91 Å². The Morgan fingerprint density at radius 1 is 1.75 bits per heavy atom. The number of aromatic nitrogens is 1. The Labute approximate surface area is 68.5 Å². The zero-order chi connectivity index (χ0) is 9.14. The van der Waals surface area contributed by atoms with Gasteiger partial charge in [0.05, 0.1) is 4.92 Å². The maximum absolute atomic E-state index is 10.3. The standard InChI is InChI=1S/C6H8N4O2/c1-4-2-6(9-7)8-3-5(4)10(11)12/h2-3H,7H2,1H3,(H,8,9). The molecule has 1 aromatic heterocycles. The number of rotatable bonds is 2. The highest BCUT2D eigenvalue weighted by molar-refractivity contribution is 5.45. The van der Waals surface area contributed by atoms with E-state index in [0.29, 0.717) is 11.4 Å². The van der Waals surface area contributed by atoms with Crippen molar-refractivity contribution in [1.82, 2.24) is 4.98 Å². The summed E-state index contributed by atoms with van der Waals surface area (Å²) in [6.45, 7) is 1.63. The fourth-order valence-electron chi connectivity index (χ4n) is 0.819. The van der Waals surface area contributed by atoms with Crippen LogP contribution in [0.5, 0.6) is 0 Å². The predicted molar refractivity (Wildman–Crippen MR) is 43.4 cm³/mol. The fourth-order valence-corrected chi connectivity index (χ4v) is 0.819. The van der Waals surface area contributed by atoms with Gasteiger partial charge in [0.2, 0.25) is 0 Å². The molecule has 0 spiro atoms. The number of nitrogens with zero attached hydrogens (tertiary/aromatic N) is 2. The van der Waals surface area contributed by atoms with Gasteiger partial charge in [-0.25, -0.2) is 10.8 Å². The minimum Gasteiger partial charge on any atom is -0.308 e. The largest absolute Gasteiger partial charge is 0.308 e. The lowest BCUT2D eigenvalue weighted by atomic mass is 10.2. The van der Waals surface area contributed by atoms with E-state index in [9.17, 15) is 10.1 Å². The van der Waals surface area contributed by atoms with E-state index in [1.807, 2.05) is 0 Å². The van der Waals surface area contributed by atoms with Crippen LogP contribution in [0.2, 0.25) is 0 Å². The number of hydrogen-bond donors (Lipinski definition) is 2. The summed E-state index contributed by atoms with van der Waals surface area (Å²) in [7, 11) is 0. The van der Waals surface area contributed by atoms with Gasteiger partial charge in [0.25, 0.3) is 5.69 Å². The Morgan fingerprint density at radius 3 is 2.83 bits per heavy atom. The van der Waals surface area contributed by atoms with Gasteiger partial charge >= 0.3 is 0 Å². The molecule has 0 saturated carbocycles. The summed E-state index contributed by atoms with van der Waals surface area (Å²) in [6.07, 6.45) is 1.17. The molecule has 0 radical (unpaired) electrons. The molecule has 0 atom stereocenters. The first-order chi connectivity index (χ1) is 5.65. The first kappa shape index (κ1) is 8.41. The van der Waals surface area contributed by atoms with E-state index in [2.05, 4.69) is 10.4 Å². The number of aryl methyl sites for hydroxylation is 1. The summed E-state index contributed by atoms with van der Waals surface area (Å²) in [6, 6.07) is 1.51. The summed E-state index contributed by atoms with van der Waals surface area (Å²) >= 11 is 0. The van der Waals surface area contributed by atoms with Crippen molar-refractivity contribution in [2.75, 3.05) is 5.43 Å². The molecule has 0 unspecified atom stereocenters. The lowest BCUT2D eigenvalue weighted by Crippen LogP contribution is -2.08. The zero-order valence-electron chi connectivity index (χ0n) is 6.44. The molecule has 0 amide bonds. The maximum Gasteiger partial charge on any atom is 0.290 e. The molecular formula is C6H8N4O2. The molecule has 12 heavy (non-hydrogen) atoms. The number of nitrogens with two attached hydrogens (primary N) is 1. The predicted octanol–water partition coefficient (Wildman–Crippen LogP) is 0.584. The Kier molecular flexibility index (Phi) is 2.20. The zero-order valence-corrected chi connectivity index (χ0v) is 6.44. The number of anilines is 1. The quantitative estimate of drug-likeness (QED) is 0.382. The second-order valence-electron chi connectivity index (χ2n) is 2.26. The molecule has 3 N–H and O–H groups in total. The number of nitro groups is 1. The molecule has 1 heterocycles. The molecule has 0 fully saturated rings. The number of pyridine rings is 1. The summed E-state index contributed by atoms with van der Waals surface area (Å²) in [5.41, 5.74) is 2.83. The first-order valence-electron chi connectivity index (χ1n) is 3.23. The second kappa shape index (κ2) is 3.14. The topological polar surface area (TPSA) is 94.1 Å². The second-order valence-corrected chi connectivity index (χ2v) is 2.26. The molecule has 6 heteroatoms. The van der Waals surface area contributed by atoms with Crippen LogP contribution in [0.3, 0.4) is 0 Å². The number of nitrogens with one attached hydrogen (secondary N) is 1. The molecule has 0 saturated heterocycles. The lowest BCUT2D eigenvalue weighted by molar-refractivity contribution is -0.385. The van der Waals surface area contributed by atoms with Crippen LogP contribution in [0.15, 0.2) is 12.3 Å². The van der Waals surface area contributed by atoms with Crippen LogP contribution in [0, 0.1) is 17.0 Å². The molecule has 0 aliphatic carbocycles. The van der Waals surface area contributed by atoms with Gasteiger partial charge in [-0.2, -0.15) is 0 Å². The third-order valence-corrected chi connectivity index (χ3v) is 1.43. The van der Waals surface area contributed by atoms with Crippen LogP contribution >= 0.6 is 0 Å². The molecule has 64 valence electrons. The normalized spacial score (nSPS) is 9.50. The highest BCUT2D eigenvalue weighted by atomic mass is 16.6. The van der Waals surface area contributed by atoms with Gasteiger partial charge in [-0.05, 0) is 13.0 Å². The average molecular weight is 168 g/mol. The first-order valence-corrected chi connectivity index (χ1v) is 3.23. The van der Waals surface area contributed by atoms with Crippen LogP contribution in [0.1, 0.15) is 5.56 Å². The van der Waals surface area contributed by atoms with Gasteiger partial charge in [-0.15, -0.1) is 0 Å². The van der Waals surface area contributed by atoms with Crippen LogP contribution < -0.4 is 11.3 Å². The van der Waals surface area contributed by atoms with Gasteiger partial charge < -0.3 is 5.43 Å². The van der Waals surface area contributed by atoms with Gasteiger partial charge in [-0.1, -0.05) is 0 Å². The molecular weight excluding hydrogens is 160 g/mol. The maximum atomic E-state index is 10.3. The number of hydrogen-bond acceptors (Lipinski definition) is 5. The van der Waals surface area contributed by atoms with Crippen LogP contribution in [-0.2, 0) is 0 Å².